The monoisotopic (exact) mass is 514 g/mol. The first kappa shape index (κ1) is 24.6. The smallest absolute Gasteiger partial charge is 0.264 e. The zero-order valence-electron chi connectivity index (χ0n) is 20.0. The maximum Gasteiger partial charge on any atom is 0.264 e. The lowest BCUT2D eigenvalue weighted by Crippen LogP contribution is -2.19. The molecule has 0 spiro atoms. The van der Waals surface area contributed by atoms with Crippen LogP contribution in [0.1, 0.15) is 69.4 Å². The molecule has 0 aromatic heterocycles. The van der Waals surface area contributed by atoms with Crippen molar-refractivity contribution in [2.45, 2.75) is 66.2 Å². The maximum absolute atomic E-state index is 12.7. The van der Waals surface area contributed by atoms with Crippen LogP contribution in [-0.2, 0) is 15.6 Å². The lowest BCUT2D eigenvalue weighted by molar-refractivity contribution is -0.115. The first-order valence-electron chi connectivity index (χ1n) is 10.6. The molecule has 0 bridgehead atoms. The van der Waals surface area contributed by atoms with Crippen LogP contribution >= 0.6 is 27.7 Å². The van der Waals surface area contributed by atoms with E-state index in [1.54, 1.807) is 0 Å². The molecular formula is C26H31BrN2O2S. The van der Waals surface area contributed by atoms with Gasteiger partial charge in [-0.3, -0.25) is 4.79 Å². The van der Waals surface area contributed by atoms with E-state index in [1.165, 1.54) is 11.8 Å². The maximum atomic E-state index is 12.7. The average molecular weight is 516 g/mol. The number of aliphatic imine (C=N–C) groups is 1. The fourth-order valence-corrected chi connectivity index (χ4v) is 4.69. The van der Waals surface area contributed by atoms with Gasteiger partial charge in [0.05, 0.1) is 10.6 Å². The van der Waals surface area contributed by atoms with Gasteiger partial charge >= 0.3 is 0 Å². The van der Waals surface area contributed by atoms with Gasteiger partial charge in [0, 0.05) is 15.6 Å². The van der Waals surface area contributed by atoms with Crippen molar-refractivity contribution < 1.29 is 9.90 Å². The van der Waals surface area contributed by atoms with Gasteiger partial charge in [0.2, 0.25) is 0 Å². The van der Waals surface area contributed by atoms with Crippen molar-refractivity contribution in [1.82, 2.24) is 5.32 Å². The predicted molar refractivity (Wildman–Crippen MR) is 140 cm³/mol. The lowest BCUT2D eigenvalue weighted by atomic mass is 9.78. The Kier molecular flexibility index (Phi) is 6.69. The zero-order valence-corrected chi connectivity index (χ0v) is 22.4. The van der Waals surface area contributed by atoms with Crippen molar-refractivity contribution in [3.05, 3.63) is 61.5 Å². The lowest BCUT2D eigenvalue weighted by Gasteiger charge is -2.28. The molecule has 170 valence electrons. The Balaban J connectivity index is 2.01. The highest BCUT2D eigenvalue weighted by molar-refractivity contribution is 9.10. The number of rotatable bonds is 2. The Labute approximate surface area is 203 Å². The highest BCUT2D eigenvalue weighted by Crippen LogP contribution is 2.41. The van der Waals surface area contributed by atoms with Crippen LogP contribution < -0.4 is 5.32 Å². The van der Waals surface area contributed by atoms with E-state index in [0.717, 1.165) is 38.0 Å². The summed E-state index contributed by atoms with van der Waals surface area (Å²) in [6.07, 6.45) is 1.88. The number of nitrogens with one attached hydrogen (secondary N) is 1. The number of amides is 1. The summed E-state index contributed by atoms with van der Waals surface area (Å²) in [6, 6.07) is 7.93. The second-order valence-electron chi connectivity index (χ2n) is 10.3. The molecule has 2 N–H and O–H groups in total. The van der Waals surface area contributed by atoms with E-state index in [2.05, 4.69) is 67.8 Å². The molecule has 0 radical (unpaired) electrons. The minimum absolute atomic E-state index is 0.165. The number of hydrogen-bond acceptors (Lipinski definition) is 4. The summed E-state index contributed by atoms with van der Waals surface area (Å²) < 4.78 is 1.07. The van der Waals surface area contributed by atoms with Gasteiger partial charge in [0.25, 0.3) is 5.91 Å². The van der Waals surface area contributed by atoms with Gasteiger partial charge in [0.1, 0.15) is 5.75 Å². The van der Waals surface area contributed by atoms with Crippen molar-refractivity contribution in [2.75, 3.05) is 0 Å². The van der Waals surface area contributed by atoms with E-state index in [4.69, 9.17) is 0 Å². The van der Waals surface area contributed by atoms with Crippen molar-refractivity contribution in [2.24, 2.45) is 4.99 Å². The normalized spacial score (nSPS) is 17.3. The van der Waals surface area contributed by atoms with Crippen LogP contribution in [0, 0.1) is 13.8 Å². The third-order valence-electron chi connectivity index (χ3n) is 5.35. The van der Waals surface area contributed by atoms with Gasteiger partial charge in [-0.2, -0.15) is 0 Å². The molecule has 0 atom stereocenters. The molecule has 1 saturated heterocycles. The number of aryl methyl sites for hydroxylation is 2. The van der Waals surface area contributed by atoms with E-state index in [0.29, 0.717) is 15.8 Å². The summed E-state index contributed by atoms with van der Waals surface area (Å²) in [6.45, 7) is 16.5. The van der Waals surface area contributed by atoms with Crippen LogP contribution in [0.25, 0.3) is 6.08 Å². The van der Waals surface area contributed by atoms with Gasteiger partial charge in [0.15, 0.2) is 5.17 Å². The molecule has 32 heavy (non-hydrogen) atoms. The zero-order chi connectivity index (χ0) is 24.0. The molecule has 3 rings (SSSR count). The fraction of sp³-hybridized carbons (Fsp3) is 0.385. The van der Waals surface area contributed by atoms with Gasteiger partial charge in [-0.05, 0) is 83.5 Å². The van der Waals surface area contributed by atoms with Crippen molar-refractivity contribution in [1.29, 1.82) is 0 Å². The number of carbonyl (C=O) groups is 1. The van der Waals surface area contributed by atoms with Gasteiger partial charge in [-0.1, -0.05) is 57.5 Å². The summed E-state index contributed by atoms with van der Waals surface area (Å²) in [5.74, 6) is 0.168. The Morgan fingerprint density at radius 1 is 0.969 bits per heavy atom. The van der Waals surface area contributed by atoms with Crippen LogP contribution in [0.15, 0.2) is 38.6 Å². The van der Waals surface area contributed by atoms with Crippen LogP contribution in [-0.4, -0.2) is 16.2 Å². The molecular weight excluding hydrogens is 484 g/mol. The van der Waals surface area contributed by atoms with Crippen LogP contribution in [0.3, 0.4) is 0 Å². The molecule has 1 heterocycles. The van der Waals surface area contributed by atoms with Crippen LogP contribution in [0.4, 0.5) is 5.69 Å². The summed E-state index contributed by atoms with van der Waals surface area (Å²) in [4.78, 5) is 17.9. The number of amidine groups is 1. The molecule has 1 fully saturated rings. The summed E-state index contributed by atoms with van der Waals surface area (Å²) in [7, 11) is 0. The fourth-order valence-electron chi connectivity index (χ4n) is 3.62. The minimum Gasteiger partial charge on any atom is -0.507 e. The molecule has 4 nitrogen and oxygen atoms in total. The van der Waals surface area contributed by atoms with Crippen LogP contribution in [0.5, 0.6) is 5.75 Å². The third kappa shape index (κ3) is 5.29. The molecule has 1 aliphatic heterocycles. The predicted octanol–water partition coefficient (Wildman–Crippen LogP) is 7.26. The summed E-state index contributed by atoms with van der Waals surface area (Å²) in [5, 5.41) is 14.4. The standard InChI is InChI=1S/C26H31BrN2O2S/c1-14-9-17(10-15(2)21(14)27)28-24-29-23(31)20(32-24)13-16-11-18(25(3,4)5)22(30)19(12-16)26(6,7)8/h9-13,30H,1-8H3,(H,28,29,31)/b20-13-. The first-order chi connectivity index (χ1) is 14.7. The average Bonchev–Trinajstić information content (AvgIpc) is 2.97. The van der Waals surface area contributed by atoms with E-state index >= 15 is 0 Å². The van der Waals surface area contributed by atoms with Crippen molar-refractivity contribution >= 4 is 50.5 Å². The first-order valence-corrected chi connectivity index (χ1v) is 12.2. The highest BCUT2D eigenvalue weighted by atomic mass is 79.9. The number of thioether (sulfide) groups is 1. The quantitative estimate of drug-likeness (QED) is 0.414. The number of hydrogen-bond donors (Lipinski definition) is 2. The number of aromatic hydroxyl groups is 1. The highest BCUT2D eigenvalue weighted by Gasteiger charge is 2.28. The Morgan fingerprint density at radius 3 is 1.94 bits per heavy atom. The Hall–Kier alpha value is -2.05. The van der Waals surface area contributed by atoms with Crippen LogP contribution in [0.2, 0.25) is 0 Å². The largest absolute Gasteiger partial charge is 0.507 e. The third-order valence-corrected chi connectivity index (χ3v) is 7.51. The Bertz CT molecular complexity index is 1090. The summed E-state index contributed by atoms with van der Waals surface area (Å²) >= 11 is 4.91. The van der Waals surface area contributed by atoms with Gasteiger partial charge in [-0.15, -0.1) is 0 Å². The van der Waals surface area contributed by atoms with E-state index in [9.17, 15) is 9.90 Å². The number of carbonyl (C=O) groups excluding carboxylic acids is 1. The molecule has 2 aromatic rings. The second kappa shape index (κ2) is 8.71. The summed E-state index contributed by atoms with van der Waals surface area (Å²) in [5.41, 5.74) is 5.19. The number of phenols is 1. The number of benzene rings is 2. The molecule has 1 amide bonds. The SMILES string of the molecule is Cc1cc(N=C2NC(=O)/C(=C/c3cc(C(C)(C)C)c(O)c(C(C)(C)C)c3)S2)cc(C)c1Br. The molecule has 2 aromatic carbocycles. The molecule has 0 saturated carbocycles. The van der Waals surface area contributed by atoms with Crippen molar-refractivity contribution in [3.8, 4) is 5.75 Å². The van der Waals surface area contributed by atoms with E-state index in [-0.39, 0.29) is 16.7 Å². The number of phenolic OH excluding ortho intramolecular Hbond substituents is 1. The van der Waals surface area contributed by atoms with E-state index < -0.39 is 0 Å². The molecule has 1 aliphatic rings. The van der Waals surface area contributed by atoms with E-state index in [1.807, 2.05) is 44.2 Å². The number of halogens is 1. The molecule has 0 unspecified atom stereocenters. The second-order valence-corrected chi connectivity index (χ2v) is 12.2. The molecule has 0 aliphatic carbocycles. The van der Waals surface area contributed by atoms with Crippen molar-refractivity contribution in [3.63, 3.8) is 0 Å². The van der Waals surface area contributed by atoms with Gasteiger partial charge < -0.3 is 10.4 Å². The topological polar surface area (TPSA) is 61.7 Å². The van der Waals surface area contributed by atoms with Gasteiger partial charge in [-0.25, -0.2) is 4.99 Å². The number of nitrogens with zero attached hydrogens (tertiary/aromatic N) is 1. The minimum atomic E-state index is -0.229. The Morgan fingerprint density at radius 2 is 1.47 bits per heavy atom. The molecule has 6 heteroatoms.